The molecule has 0 aliphatic rings. The molecule has 0 atom stereocenters. The molecule has 11 nitrogen and oxygen atoms in total. The SMILES string of the molecule is CNC(=C[N+](=O)[O-])NCCc1cn(Cc2cnc(C)nc2N)nn1. The zero-order chi connectivity index (χ0) is 17.5. The van der Waals surface area contributed by atoms with Crippen LogP contribution in [0.2, 0.25) is 0 Å². The molecule has 2 rings (SSSR count). The Hall–Kier alpha value is -3.24. The summed E-state index contributed by atoms with van der Waals surface area (Å²) in [5, 5.41) is 24.1. The predicted octanol–water partition coefficient (Wildman–Crippen LogP) is -0.566. The van der Waals surface area contributed by atoms with Crippen LogP contribution in [0.1, 0.15) is 17.1 Å². The molecule has 11 heteroatoms. The second kappa shape index (κ2) is 7.85. The number of aryl methyl sites for hydroxylation is 1. The van der Waals surface area contributed by atoms with E-state index in [2.05, 4.69) is 30.9 Å². The number of aromatic nitrogens is 5. The van der Waals surface area contributed by atoms with E-state index in [1.807, 2.05) is 0 Å². The molecule has 0 saturated heterocycles. The fourth-order valence-electron chi connectivity index (χ4n) is 1.97. The molecule has 4 N–H and O–H groups in total. The second-order valence-electron chi connectivity index (χ2n) is 4.99. The van der Waals surface area contributed by atoms with Crippen molar-refractivity contribution in [1.29, 1.82) is 0 Å². The van der Waals surface area contributed by atoms with Crippen molar-refractivity contribution in [3.63, 3.8) is 0 Å². The summed E-state index contributed by atoms with van der Waals surface area (Å²) in [5.74, 6) is 1.37. The first-order chi connectivity index (χ1) is 11.5. The van der Waals surface area contributed by atoms with Gasteiger partial charge in [0.25, 0.3) is 6.20 Å². The van der Waals surface area contributed by atoms with E-state index in [1.165, 1.54) is 0 Å². The summed E-state index contributed by atoms with van der Waals surface area (Å²) in [6, 6.07) is 0. The third kappa shape index (κ3) is 4.90. The molecule has 24 heavy (non-hydrogen) atoms. The number of nitrogens with zero attached hydrogens (tertiary/aromatic N) is 6. The first-order valence-electron chi connectivity index (χ1n) is 7.22. The van der Waals surface area contributed by atoms with Crippen molar-refractivity contribution in [2.24, 2.45) is 0 Å². The summed E-state index contributed by atoms with van der Waals surface area (Å²) in [6.07, 6.45) is 4.90. The summed E-state index contributed by atoms with van der Waals surface area (Å²) in [6.45, 7) is 2.68. The molecule has 0 unspecified atom stereocenters. The fourth-order valence-corrected chi connectivity index (χ4v) is 1.97. The Kier molecular flexibility index (Phi) is 5.60. The van der Waals surface area contributed by atoms with E-state index >= 15 is 0 Å². The highest BCUT2D eigenvalue weighted by Crippen LogP contribution is 2.09. The third-order valence-corrected chi connectivity index (χ3v) is 3.14. The number of hydrogen-bond acceptors (Lipinski definition) is 9. The van der Waals surface area contributed by atoms with E-state index in [4.69, 9.17) is 5.73 Å². The topological polar surface area (TPSA) is 150 Å². The summed E-state index contributed by atoms with van der Waals surface area (Å²) in [5.41, 5.74) is 7.37. The van der Waals surface area contributed by atoms with Gasteiger partial charge < -0.3 is 16.4 Å². The summed E-state index contributed by atoms with van der Waals surface area (Å²) < 4.78 is 1.64. The molecule has 0 saturated carbocycles. The van der Waals surface area contributed by atoms with Crippen molar-refractivity contribution < 1.29 is 4.92 Å². The molecule has 0 aliphatic carbocycles. The van der Waals surface area contributed by atoms with Crippen LogP contribution in [0.25, 0.3) is 0 Å². The summed E-state index contributed by atoms with van der Waals surface area (Å²) in [4.78, 5) is 18.1. The van der Waals surface area contributed by atoms with Crippen molar-refractivity contribution in [2.45, 2.75) is 19.9 Å². The third-order valence-electron chi connectivity index (χ3n) is 3.14. The normalized spacial score (nSPS) is 11.3. The molecule has 0 bridgehead atoms. The predicted molar refractivity (Wildman–Crippen MR) is 86.1 cm³/mol. The Balaban J connectivity index is 1.90. The molecule has 128 valence electrons. The van der Waals surface area contributed by atoms with Gasteiger partial charge >= 0.3 is 0 Å². The van der Waals surface area contributed by atoms with Gasteiger partial charge in [0.05, 0.1) is 17.2 Å². The van der Waals surface area contributed by atoms with Crippen LogP contribution in [-0.4, -0.2) is 43.5 Å². The Bertz CT molecular complexity index is 741. The minimum atomic E-state index is -0.525. The molecule has 0 aliphatic heterocycles. The van der Waals surface area contributed by atoms with Gasteiger partial charge in [0.1, 0.15) is 11.6 Å². The van der Waals surface area contributed by atoms with Gasteiger partial charge in [0, 0.05) is 38.0 Å². The molecule has 0 aromatic carbocycles. The smallest absolute Gasteiger partial charge is 0.274 e. The molecule has 0 amide bonds. The van der Waals surface area contributed by atoms with E-state index in [0.717, 1.165) is 17.5 Å². The van der Waals surface area contributed by atoms with Crippen LogP contribution in [0, 0.1) is 17.0 Å². The van der Waals surface area contributed by atoms with Crippen molar-refractivity contribution in [2.75, 3.05) is 19.3 Å². The largest absolute Gasteiger partial charge is 0.383 e. The number of nitrogen functional groups attached to an aromatic ring is 1. The lowest BCUT2D eigenvalue weighted by atomic mass is 10.3. The maximum atomic E-state index is 10.4. The first kappa shape index (κ1) is 17.1. The fraction of sp³-hybridized carbons (Fsp3) is 0.385. The Labute approximate surface area is 138 Å². The Morgan fingerprint density at radius 3 is 3.00 bits per heavy atom. The number of nitrogens with one attached hydrogen (secondary N) is 2. The standard InChI is InChI=1S/C13H19N9O2/c1-9-17-5-10(13(14)18-9)6-21-7-11(19-20-21)3-4-16-12(15-2)8-22(23)24/h5,7-8,15-16H,3-4,6H2,1-2H3,(H2,14,17,18). The van der Waals surface area contributed by atoms with Crippen molar-refractivity contribution in [3.05, 3.63) is 51.6 Å². The van der Waals surface area contributed by atoms with Gasteiger partial charge in [-0.3, -0.25) is 10.1 Å². The molecular formula is C13H19N9O2. The van der Waals surface area contributed by atoms with Crippen molar-refractivity contribution >= 4 is 5.82 Å². The lowest BCUT2D eigenvalue weighted by Gasteiger charge is -2.06. The minimum Gasteiger partial charge on any atom is -0.383 e. The van der Waals surface area contributed by atoms with Gasteiger partial charge in [-0.15, -0.1) is 5.10 Å². The molecule has 2 heterocycles. The van der Waals surface area contributed by atoms with Gasteiger partial charge in [0.15, 0.2) is 5.82 Å². The highest BCUT2D eigenvalue weighted by Gasteiger charge is 2.07. The van der Waals surface area contributed by atoms with Crippen LogP contribution in [0.15, 0.2) is 24.4 Å². The second-order valence-corrected chi connectivity index (χ2v) is 4.99. The zero-order valence-corrected chi connectivity index (χ0v) is 13.4. The van der Waals surface area contributed by atoms with Crippen LogP contribution in [0.4, 0.5) is 5.82 Å². The van der Waals surface area contributed by atoms with Crippen LogP contribution in [-0.2, 0) is 13.0 Å². The quantitative estimate of drug-likeness (QED) is 0.426. The van der Waals surface area contributed by atoms with Gasteiger partial charge in [-0.25, -0.2) is 14.6 Å². The molecular weight excluding hydrogens is 314 g/mol. The Morgan fingerprint density at radius 2 is 2.33 bits per heavy atom. The zero-order valence-electron chi connectivity index (χ0n) is 13.4. The van der Waals surface area contributed by atoms with Crippen LogP contribution in [0.5, 0.6) is 0 Å². The molecule has 0 spiro atoms. The van der Waals surface area contributed by atoms with E-state index in [9.17, 15) is 10.1 Å². The number of rotatable bonds is 8. The van der Waals surface area contributed by atoms with E-state index in [1.54, 1.807) is 31.0 Å². The number of nitro groups is 1. The highest BCUT2D eigenvalue weighted by molar-refractivity contribution is 5.37. The number of nitrogens with two attached hydrogens (primary N) is 1. The van der Waals surface area contributed by atoms with Gasteiger partial charge in [-0.2, -0.15) is 0 Å². The van der Waals surface area contributed by atoms with Crippen LogP contribution in [0.3, 0.4) is 0 Å². The molecule has 2 aromatic heterocycles. The maximum Gasteiger partial charge on any atom is 0.274 e. The summed E-state index contributed by atoms with van der Waals surface area (Å²) in [7, 11) is 1.60. The van der Waals surface area contributed by atoms with Gasteiger partial charge in [0.2, 0.25) is 0 Å². The van der Waals surface area contributed by atoms with Crippen molar-refractivity contribution in [1.82, 2.24) is 35.6 Å². The van der Waals surface area contributed by atoms with Crippen LogP contribution >= 0.6 is 0 Å². The van der Waals surface area contributed by atoms with Crippen LogP contribution < -0.4 is 16.4 Å². The average Bonchev–Trinajstić information content (AvgIpc) is 2.96. The maximum absolute atomic E-state index is 10.4. The first-order valence-corrected chi connectivity index (χ1v) is 7.22. The summed E-state index contributed by atoms with van der Waals surface area (Å²) >= 11 is 0. The molecule has 0 fully saturated rings. The monoisotopic (exact) mass is 333 g/mol. The molecule has 2 aromatic rings. The minimum absolute atomic E-state index is 0.331. The Morgan fingerprint density at radius 1 is 1.54 bits per heavy atom. The van der Waals surface area contributed by atoms with E-state index in [0.29, 0.717) is 37.0 Å². The highest BCUT2D eigenvalue weighted by atomic mass is 16.6. The number of hydrogen-bond donors (Lipinski definition) is 3. The van der Waals surface area contributed by atoms with E-state index < -0.39 is 4.92 Å². The average molecular weight is 333 g/mol. The van der Waals surface area contributed by atoms with Crippen molar-refractivity contribution in [3.8, 4) is 0 Å². The van der Waals surface area contributed by atoms with Gasteiger partial charge in [-0.1, -0.05) is 5.21 Å². The molecule has 0 radical (unpaired) electrons. The lowest BCUT2D eigenvalue weighted by Crippen LogP contribution is -2.26. The van der Waals surface area contributed by atoms with E-state index in [-0.39, 0.29) is 0 Å². The lowest BCUT2D eigenvalue weighted by molar-refractivity contribution is -0.404. The van der Waals surface area contributed by atoms with Gasteiger partial charge in [-0.05, 0) is 6.92 Å². The number of anilines is 1.